The minimum absolute atomic E-state index is 0.000930. The van der Waals surface area contributed by atoms with E-state index in [9.17, 15) is 9.59 Å². The Morgan fingerprint density at radius 3 is 2.85 bits per heavy atom. The number of nitrogens with zero attached hydrogens (tertiary/aromatic N) is 3. The van der Waals surface area contributed by atoms with Crippen molar-refractivity contribution in [2.24, 2.45) is 5.92 Å². The van der Waals surface area contributed by atoms with Crippen LogP contribution >= 0.6 is 11.6 Å². The molecule has 1 saturated heterocycles. The molecule has 1 aromatic heterocycles. The smallest absolute Gasteiger partial charge is 0.271 e. The molecule has 0 spiro atoms. The summed E-state index contributed by atoms with van der Waals surface area (Å²) >= 11 is 6.25. The van der Waals surface area contributed by atoms with Crippen molar-refractivity contribution in [1.82, 2.24) is 15.1 Å². The van der Waals surface area contributed by atoms with Crippen LogP contribution in [-0.2, 0) is 11.3 Å². The maximum absolute atomic E-state index is 12.9. The van der Waals surface area contributed by atoms with Crippen LogP contribution in [0, 0.1) is 12.8 Å². The first-order chi connectivity index (χ1) is 16.5. The summed E-state index contributed by atoms with van der Waals surface area (Å²) < 4.78 is 12.1. The number of nitrogens with one attached hydrogen (secondary N) is 1. The van der Waals surface area contributed by atoms with Crippen LogP contribution in [0.4, 0.5) is 5.82 Å². The number of rotatable bonds is 5. The lowest BCUT2D eigenvalue weighted by atomic mass is 9.97. The average molecular weight is 481 g/mol. The fourth-order valence-corrected chi connectivity index (χ4v) is 4.43. The van der Waals surface area contributed by atoms with Gasteiger partial charge in [-0.1, -0.05) is 23.7 Å². The van der Waals surface area contributed by atoms with E-state index in [4.69, 9.17) is 21.1 Å². The van der Waals surface area contributed by atoms with Gasteiger partial charge < -0.3 is 19.7 Å². The van der Waals surface area contributed by atoms with Crippen molar-refractivity contribution in [1.29, 1.82) is 0 Å². The van der Waals surface area contributed by atoms with Crippen LogP contribution in [0.25, 0.3) is 5.69 Å². The highest BCUT2D eigenvalue weighted by Gasteiger charge is 2.27. The summed E-state index contributed by atoms with van der Waals surface area (Å²) in [6.07, 6.45) is 1.66. The number of carbonyl (C=O) groups excluding carboxylic acids is 1. The van der Waals surface area contributed by atoms with Gasteiger partial charge in [0.2, 0.25) is 12.7 Å². The number of ether oxygens (including phenoxy) is 2. The third-order valence-corrected chi connectivity index (χ3v) is 6.61. The van der Waals surface area contributed by atoms with Gasteiger partial charge >= 0.3 is 0 Å². The van der Waals surface area contributed by atoms with Crippen molar-refractivity contribution in [3.8, 4) is 17.2 Å². The normalized spacial score (nSPS) is 17.0. The third kappa shape index (κ3) is 4.59. The maximum Gasteiger partial charge on any atom is 0.271 e. The van der Waals surface area contributed by atoms with Crippen molar-refractivity contribution in [2.45, 2.75) is 26.3 Å². The van der Waals surface area contributed by atoms with Crippen molar-refractivity contribution in [3.05, 3.63) is 75.0 Å². The Morgan fingerprint density at radius 2 is 2.00 bits per heavy atom. The number of carbonyl (C=O) groups is 1. The van der Waals surface area contributed by atoms with E-state index in [0.717, 1.165) is 36.3 Å². The highest BCUT2D eigenvalue weighted by molar-refractivity contribution is 6.31. The fraction of sp³-hybridized carbons (Fsp3) is 0.320. The SMILES string of the molecule is Cc1ccc(-n2nc(N3CCC[C@H](C(=O)NCc4ccc5c(c4)OCO5)C3)ccc2=O)cc1Cl. The summed E-state index contributed by atoms with van der Waals surface area (Å²) in [7, 11) is 0. The van der Waals surface area contributed by atoms with E-state index in [0.29, 0.717) is 35.4 Å². The van der Waals surface area contributed by atoms with E-state index in [2.05, 4.69) is 15.3 Å². The number of aromatic nitrogens is 2. The molecule has 0 bridgehead atoms. The van der Waals surface area contributed by atoms with E-state index in [-0.39, 0.29) is 24.2 Å². The van der Waals surface area contributed by atoms with Crippen LogP contribution in [0.3, 0.4) is 0 Å². The van der Waals surface area contributed by atoms with Gasteiger partial charge in [0, 0.05) is 30.7 Å². The molecule has 2 aliphatic heterocycles. The van der Waals surface area contributed by atoms with Crippen LogP contribution < -0.4 is 25.2 Å². The first kappa shape index (κ1) is 22.3. The highest BCUT2D eigenvalue weighted by Crippen LogP contribution is 2.32. The average Bonchev–Trinajstić information content (AvgIpc) is 3.33. The van der Waals surface area contributed by atoms with Gasteiger partial charge in [-0.05, 0) is 61.2 Å². The molecule has 1 fully saturated rings. The number of aryl methyl sites for hydroxylation is 1. The Balaban J connectivity index is 1.27. The van der Waals surface area contributed by atoms with Gasteiger partial charge in [-0.25, -0.2) is 0 Å². The summed E-state index contributed by atoms with van der Waals surface area (Å²) in [5, 5.41) is 8.19. The molecule has 0 radical (unpaired) electrons. The lowest BCUT2D eigenvalue weighted by Crippen LogP contribution is -2.43. The second-order valence-corrected chi connectivity index (χ2v) is 8.97. The number of anilines is 1. The van der Waals surface area contributed by atoms with E-state index in [1.165, 1.54) is 10.7 Å². The molecule has 2 aromatic carbocycles. The van der Waals surface area contributed by atoms with Crippen LogP contribution in [0.15, 0.2) is 53.3 Å². The van der Waals surface area contributed by atoms with Crippen molar-refractivity contribution < 1.29 is 14.3 Å². The summed E-state index contributed by atoms with van der Waals surface area (Å²) in [4.78, 5) is 27.4. The van der Waals surface area contributed by atoms with Gasteiger partial charge in [0.1, 0.15) is 5.82 Å². The van der Waals surface area contributed by atoms with Gasteiger partial charge in [0.25, 0.3) is 5.56 Å². The quantitative estimate of drug-likeness (QED) is 0.602. The number of amides is 1. The fourth-order valence-electron chi connectivity index (χ4n) is 4.25. The molecule has 176 valence electrons. The number of hydrogen-bond acceptors (Lipinski definition) is 6. The Kier molecular flexibility index (Phi) is 6.15. The van der Waals surface area contributed by atoms with E-state index < -0.39 is 0 Å². The van der Waals surface area contributed by atoms with Crippen LogP contribution in [-0.4, -0.2) is 35.6 Å². The summed E-state index contributed by atoms with van der Waals surface area (Å²) in [6, 6.07) is 14.3. The molecule has 0 saturated carbocycles. The molecule has 1 atom stereocenters. The van der Waals surface area contributed by atoms with E-state index in [1.54, 1.807) is 12.1 Å². The third-order valence-electron chi connectivity index (χ3n) is 6.21. The molecule has 8 nitrogen and oxygen atoms in total. The Labute approximate surface area is 202 Å². The minimum Gasteiger partial charge on any atom is -0.454 e. The molecular weight excluding hydrogens is 456 g/mol. The molecule has 0 aliphatic carbocycles. The Hall–Kier alpha value is -3.52. The topological polar surface area (TPSA) is 85.7 Å². The molecule has 0 unspecified atom stereocenters. The summed E-state index contributed by atoms with van der Waals surface area (Å²) in [5.74, 6) is 1.91. The second kappa shape index (κ2) is 9.38. The molecule has 5 rings (SSSR count). The Bertz CT molecular complexity index is 1290. The number of piperidine rings is 1. The largest absolute Gasteiger partial charge is 0.454 e. The predicted molar refractivity (Wildman–Crippen MR) is 129 cm³/mol. The van der Waals surface area contributed by atoms with Gasteiger partial charge in [0.05, 0.1) is 11.6 Å². The Morgan fingerprint density at radius 1 is 1.15 bits per heavy atom. The van der Waals surface area contributed by atoms with Crippen LogP contribution in [0.2, 0.25) is 5.02 Å². The van der Waals surface area contributed by atoms with Crippen molar-refractivity contribution in [2.75, 3.05) is 24.8 Å². The molecule has 34 heavy (non-hydrogen) atoms. The van der Waals surface area contributed by atoms with Gasteiger partial charge in [-0.2, -0.15) is 4.68 Å². The molecule has 9 heteroatoms. The monoisotopic (exact) mass is 480 g/mol. The molecule has 3 aromatic rings. The second-order valence-electron chi connectivity index (χ2n) is 8.57. The zero-order chi connectivity index (χ0) is 23.7. The van der Waals surface area contributed by atoms with Crippen molar-refractivity contribution in [3.63, 3.8) is 0 Å². The number of halogens is 1. The number of fused-ring (bicyclic) bond motifs is 1. The summed E-state index contributed by atoms with van der Waals surface area (Å²) in [6.45, 7) is 3.85. The zero-order valence-corrected chi connectivity index (χ0v) is 19.5. The molecule has 1 amide bonds. The standard InChI is InChI=1S/C25H25ClN4O4/c1-16-4-6-19(12-20(16)26)30-24(31)9-8-23(28-30)29-10-2-3-18(14-29)25(32)27-13-17-5-7-21-22(11-17)34-15-33-21/h4-9,11-12,18H,2-3,10,13-15H2,1H3,(H,27,32)/t18-/m0/s1. The van der Waals surface area contributed by atoms with Crippen LogP contribution in [0.1, 0.15) is 24.0 Å². The van der Waals surface area contributed by atoms with Crippen LogP contribution in [0.5, 0.6) is 11.5 Å². The number of hydrogen-bond donors (Lipinski definition) is 1. The highest BCUT2D eigenvalue weighted by atomic mass is 35.5. The molecular formula is C25H25ClN4O4. The first-order valence-corrected chi connectivity index (χ1v) is 11.6. The van der Waals surface area contributed by atoms with Gasteiger partial charge in [-0.15, -0.1) is 5.10 Å². The number of benzene rings is 2. The summed E-state index contributed by atoms with van der Waals surface area (Å²) in [5.41, 5.74) is 2.26. The van der Waals surface area contributed by atoms with Gasteiger partial charge in [-0.3, -0.25) is 9.59 Å². The lowest BCUT2D eigenvalue weighted by Gasteiger charge is -2.33. The van der Waals surface area contributed by atoms with Gasteiger partial charge in [0.15, 0.2) is 11.5 Å². The molecule has 3 heterocycles. The predicted octanol–water partition coefficient (Wildman–Crippen LogP) is 3.46. The lowest BCUT2D eigenvalue weighted by molar-refractivity contribution is -0.125. The molecule has 1 N–H and O–H groups in total. The maximum atomic E-state index is 12.9. The van der Waals surface area contributed by atoms with E-state index >= 15 is 0 Å². The van der Waals surface area contributed by atoms with Crippen molar-refractivity contribution >= 4 is 23.3 Å². The molecule has 2 aliphatic rings. The zero-order valence-electron chi connectivity index (χ0n) is 18.8. The first-order valence-electron chi connectivity index (χ1n) is 11.3. The minimum atomic E-state index is -0.237. The van der Waals surface area contributed by atoms with E-state index in [1.807, 2.05) is 37.3 Å².